The maximum Gasteiger partial charge on any atom is 0.269 e. The molecule has 6 heteroatoms. The van der Waals surface area contributed by atoms with E-state index in [2.05, 4.69) is 9.97 Å². The molecule has 3 rings (SSSR count). The number of pyridine rings is 1. The molecule has 0 spiro atoms. The lowest BCUT2D eigenvalue weighted by atomic mass is 10.3. The molecule has 0 radical (unpaired) electrons. The van der Waals surface area contributed by atoms with Gasteiger partial charge >= 0.3 is 0 Å². The number of nitrogens with zero attached hydrogens (tertiary/aromatic N) is 3. The number of hydrogen-bond donors (Lipinski definition) is 0. The summed E-state index contributed by atoms with van der Waals surface area (Å²) in [6, 6.07) is 11.8. The third-order valence-corrected chi connectivity index (χ3v) is 4.51. The van der Waals surface area contributed by atoms with Crippen molar-refractivity contribution in [2.24, 2.45) is 0 Å². The fraction of sp³-hybridized carbons (Fsp3) is 0. The van der Waals surface area contributed by atoms with Gasteiger partial charge in [-0.1, -0.05) is 18.2 Å². The quantitative estimate of drug-likeness (QED) is 0.740. The Morgan fingerprint density at radius 2 is 1.75 bits per heavy atom. The summed E-state index contributed by atoms with van der Waals surface area (Å²) < 4.78 is 26.3. The van der Waals surface area contributed by atoms with Gasteiger partial charge in [0, 0.05) is 30.4 Å². The number of hydrogen-bond acceptors (Lipinski definition) is 4. The van der Waals surface area contributed by atoms with E-state index in [-0.39, 0.29) is 4.90 Å². The molecule has 2 aromatic heterocycles. The Balaban J connectivity index is 2.16. The third-order valence-electron chi connectivity index (χ3n) is 2.83. The van der Waals surface area contributed by atoms with Gasteiger partial charge in [0.05, 0.1) is 4.90 Å². The van der Waals surface area contributed by atoms with Gasteiger partial charge in [0.25, 0.3) is 10.0 Å². The molecule has 0 saturated carbocycles. The first kappa shape index (κ1) is 12.6. The molecule has 0 amide bonds. The SMILES string of the molecule is O=S(=O)(c1ccccc1)n1ccnc1-c1cccnc1. The summed E-state index contributed by atoms with van der Waals surface area (Å²) in [6.07, 6.45) is 6.11. The summed E-state index contributed by atoms with van der Waals surface area (Å²) in [5.41, 5.74) is 0.650. The smallest absolute Gasteiger partial charge is 0.264 e. The van der Waals surface area contributed by atoms with Crippen molar-refractivity contribution in [2.75, 3.05) is 0 Å². The van der Waals surface area contributed by atoms with E-state index >= 15 is 0 Å². The molecular weight excluding hydrogens is 274 g/mol. The number of imidazole rings is 1. The standard InChI is InChI=1S/C14H11N3O2S/c18-20(19,13-6-2-1-3-7-13)17-10-9-16-14(17)12-5-4-8-15-11-12/h1-11H. The number of benzene rings is 1. The van der Waals surface area contributed by atoms with Crippen molar-refractivity contribution in [1.82, 2.24) is 13.9 Å². The highest BCUT2D eigenvalue weighted by Gasteiger charge is 2.20. The van der Waals surface area contributed by atoms with E-state index in [9.17, 15) is 8.42 Å². The average molecular weight is 285 g/mol. The fourth-order valence-corrected chi connectivity index (χ4v) is 3.21. The van der Waals surface area contributed by atoms with Crippen LogP contribution in [0.4, 0.5) is 0 Å². The second-order valence-corrected chi connectivity index (χ2v) is 5.92. The minimum atomic E-state index is -3.65. The first-order chi connectivity index (χ1) is 9.69. The van der Waals surface area contributed by atoms with Crippen LogP contribution in [0, 0.1) is 0 Å². The second-order valence-electron chi connectivity index (χ2n) is 4.11. The zero-order valence-electron chi connectivity index (χ0n) is 10.4. The van der Waals surface area contributed by atoms with Gasteiger partial charge in [-0.25, -0.2) is 17.4 Å². The largest absolute Gasteiger partial charge is 0.269 e. The molecule has 0 saturated heterocycles. The van der Waals surface area contributed by atoms with Crippen molar-refractivity contribution < 1.29 is 8.42 Å². The molecule has 5 nitrogen and oxygen atoms in total. The fourth-order valence-electron chi connectivity index (χ4n) is 1.89. The minimum absolute atomic E-state index is 0.225. The van der Waals surface area contributed by atoms with Crippen LogP contribution in [-0.2, 0) is 10.0 Å². The van der Waals surface area contributed by atoms with Gasteiger partial charge in [-0.3, -0.25) is 4.98 Å². The Hall–Kier alpha value is -2.47. The van der Waals surface area contributed by atoms with Gasteiger partial charge in [0.15, 0.2) is 5.82 Å². The molecule has 0 atom stereocenters. The first-order valence-corrected chi connectivity index (χ1v) is 7.38. The predicted molar refractivity (Wildman–Crippen MR) is 74.5 cm³/mol. The zero-order valence-corrected chi connectivity index (χ0v) is 11.2. The van der Waals surface area contributed by atoms with Gasteiger partial charge in [-0.15, -0.1) is 0 Å². The summed E-state index contributed by atoms with van der Waals surface area (Å²) in [6.45, 7) is 0. The lowest BCUT2D eigenvalue weighted by Gasteiger charge is -2.08. The summed E-state index contributed by atoms with van der Waals surface area (Å²) in [5, 5.41) is 0. The van der Waals surface area contributed by atoms with Crippen molar-refractivity contribution in [3.05, 3.63) is 67.3 Å². The molecule has 0 N–H and O–H groups in total. The summed E-state index contributed by atoms with van der Waals surface area (Å²) in [7, 11) is -3.65. The molecule has 1 aromatic carbocycles. The average Bonchev–Trinajstić information content (AvgIpc) is 2.99. The van der Waals surface area contributed by atoms with E-state index in [1.165, 1.54) is 16.4 Å². The first-order valence-electron chi connectivity index (χ1n) is 5.94. The van der Waals surface area contributed by atoms with E-state index in [1.807, 2.05) is 0 Å². The monoisotopic (exact) mass is 285 g/mol. The van der Waals surface area contributed by atoms with Crippen molar-refractivity contribution >= 4 is 10.0 Å². The highest BCUT2D eigenvalue weighted by atomic mass is 32.2. The van der Waals surface area contributed by atoms with Crippen LogP contribution in [0.25, 0.3) is 11.4 Å². The number of rotatable bonds is 3. The minimum Gasteiger partial charge on any atom is -0.264 e. The van der Waals surface area contributed by atoms with Crippen LogP contribution in [0.2, 0.25) is 0 Å². The Kier molecular flexibility index (Phi) is 3.08. The van der Waals surface area contributed by atoms with Gasteiger partial charge in [-0.2, -0.15) is 0 Å². The lowest BCUT2D eigenvalue weighted by Crippen LogP contribution is -2.13. The van der Waals surface area contributed by atoms with Crippen molar-refractivity contribution in [3.63, 3.8) is 0 Å². The topological polar surface area (TPSA) is 64.8 Å². The van der Waals surface area contributed by atoms with Gasteiger partial charge in [0.2, 0.25) is 0 Å². The lowest BCUT2D eigenvalue weighted by molar-refractivity contribution is 0.588. The predicted octanol–water partition coefficient (Wildman–Crippen LogP) is 2.18. The van der Waals surface area contributed by atoms with Crippen LogP contribution in [0.15, 0.2) is 72.1 Å². The van der Waals surface area contributed by atoms with Gasteiger partial charge in [-0.05, 0) is 24.3 Å². The van der Waals surface area contributed by atoms with Crippen LogP contribution in [0.3, 0.4) is 0 Å². The normalized spacial score (nSPS) is 11.4. The third kappa shape index (κ3) is 2.10. The van der Waals surface area contributed by atoms with Gasteiger partial charge < -0.3 is 0 Å². The second kappa shape index (κ2) is 4.90. The molecule has 0 fully saturated rings. The molecule has 0 aliphatic rings. The van der Waals surface area contributed by atoms with Crippen LogP contribution in [0.1, 0.15) is 0 Å². The molecular formula is C14H11N3O2S. The Labute approximate surface area is 116 Å². The Morgan fingerprint density at radius 3 is 2.45 bits per heavy atom. The molecule has 20 heavy (non-hydrogen) atoms. The maximum atomic E-state index is 12.6. The zero-order chi connectivity index (χ0) is 14.0. The van der Waals surface area contributed by atoms with E-state index < -0.39 is 10.0 Å². The van der Waals surface area contributed by atoms with Crippen molar-refractivity contribution in [2.45, 2.75) is 4.90 Å². The molecule has 2 heterocycles. The highest BCUT2D eigenvalue weighted by Crippen LogP contribution is 2.21. The molecule has 3 aromatic rings. The maximum absolute atomic E-state index is 12.6. The van der Waals surface area contributed by atoms with Crippen LogP contribution in [-0.4, -0.2) is 22.4 Å². The van der Waals surface area contributed by atoms with E-state index in [0.29, 0.717) is 11.4 Å². The van der Waals surface area contributed by atoms with Crippen LogP contribution in [0.5, 0.6) is 0 Å². The molecule has 100 valence electrons. The van der Waals surface area contributed by atoms with Crippen molar-refractivity contribution in [1.29, 1.82) is 0 Å². The molecule has 0 aliphatic carbocycles. The van der Waals surface area contributed by atoms with E-state index in [0.717, 1.165) is 0 Å². The van der Waals surface area contributed by atoms with E-state index in [1.54, 1.807) is 54.9 Å². The van der Waals surface area contributed by atoms with Crippen LogP contribution >= 0.6 is 0 Å². The summed E-state index contributed by atoms with van der Waals surface area (Å²) in [4.78, 5) is 8.34. The van der Waals surface area contributed by atoms with E-state index in [4.69, 9.17) is 0 Å². The molecule has 0 aliphatic heterocycles. The summed E-state index contributed by atoms with van der Waals surface area (Å²) in [5.74, 6) is 0.349. The Morgan fingerprint density at radius 1 is 0.950 bits per heavy atom. The molecule has 0 bridgehead atoms. The van der Waals surface area contributed by atoms with Crippen LogP contribution < -0.4 is 0 Å². The molecule has 0 unspecified atom stereocenters. The van der Waals surface area contributed by atoms with Gasteiger partial charge in [0.1, 0.15) is 0 Å². The highest BCUT2D eigenvalue weighted by molar-refractivity contribution is 7.90. The van der Waals surface area contributed by atoms with Crippen molar-refractivity contribution in [3.8, 4) is 11.4 Å². The summed E-state index contributed by atoms with van der Waals surface area (Å²) >= 11 is 0. The number of aromatic nitrogens is 3. The Bertz CT molecular complexity index is 812.